The minimum absolute atomic E-state index is 0.0407. The van der Waals surface area contributed by atoms with Crippen LogP contribution in [0.3, 0.4) is 0 Å². The summed E-state index contributed by atoms with van der Waals surface area (Å²) in [5.74, 6) is 0.0107. The van der Waals surface area contributed by atoms with Gasteiger partial charge in [0.05, 0.1) is 18.9 Å². The number of ether oxygens (including phenoxy) is 1. The molecule has 12 heavy (non-hydrogen) atoms. The van der Waals surface area contributed by atoms with Crippen LogP contribution in [-0.4, -0.2) is 23.0 Å². The number of pyridine rings is 1. The molecule has 1 aromatic rings. The van der Waals surface area contributed by atoms with E-state index in [9.17, 15) is 4.79 Å². The van der Waals surface area contributed by atoms with Gasteiger partial charge in [-0.2, -0.15) is 0 Å². The molecule has 0 radical (unpaired) electrons. The van der Waals surface area contributed by atoms with Crippen molar-refractivity contribution in [2.24, 2.45) is 0 Å². The summed E-state index contributed by atoms with van der Waals surface area (Å²) in [5.41, 5.74) is 0.289. The second kappa shape index (κ2) is 3.21. The summed E-state index contributed by atoms with van der Waals surface area (Å²) in [7, 11) is 1.42. The topological polar surface area (TPSA) is 59.4 Å². The fourth-order valence-corrected chi connectivity index (χ4v) is 0.856. The Hall–Kier alpha value is -1.58. The average molecular weight is 167 g/mol. The third-order valence-corrected chi connectivity index (χ3v) is 1.41. The molecule has 1 aromatic heterocycles. The fourth-order valence-electron chi connectivity index (χ4n) is 0.856. The molecule has 0 amide bonds. The Bertz CT molecular complexity index is 309. The Morgan fingerprint density at radius 3 is 2.83 bits per heavy atom. The van der Waals surface area contributed by atoms with Gasteiger partial charge in [0.1, 0.15) is 5.75 Å². The van der Waals surface area contributed by atoms with Crippen LogP contribution in [0.25, 0.3) is 0 Å². The van der Waals surface area contributed by atoms with Crippen molar-refractivity contribution in [3.63, 3.8) is 0 Å². The van der Waals surface area contributed by atoms with Crippen molar-refractivity contribution >= 4 is 5.78 Å². The van der Waals surface area contributed by atoms with Gasteiger partial charge >= 0.3 is 0 Å². The number of carbonyl (C=O) groups excluding carboxylic acids is 1. The first-order chi connectivity index (χ1) is 5.65. The number of ketones is 1. The quantitative estimate of drug-likeness (QED) is 0.667. The number of methoxy groups -OCH3 is 1. The highest BCUT2D eigenvalue weighted by atomic mass is 16.5. The van der Waals surface area contributed by atoms with Crippen LogP contribution in [0.5, 0.6) is 11.6 Å². The van der Waals surface area contributed by atoms with E-state index in [0.717, 1.165) is 0 Å². The maximum Gasteiger partial charge on any atom is 0.224 e. The van der Waals surface area contributed by atoms with E-state index in [4.69, 9.17) is 9.84 Å². The molecular weight excluding hydrogens is 158 g/mol. The molecule has 1 N–H and O–H groups in total. The molecular formula is C8H9NO3. The monoisotopic (exact) mass is 167 g/mol. The van der Waals surface area contributed by atoms with Crippen LogP contribution in [0.4, 0.5) is 0 Å². The van der Waals surface area contributed by atoms with E-state index in [2.05, 4.69) is 4.98 Å². The molecule has 0 bridgehead atoms. The van der Waals surface area contributed by atoms with Gasteiger partial charge in [-0.25, -0.2) is 4.98 Å². The van der Waals surface area contributed by atoms with Crippen molar-refractivity contribution in [1.29, 1.82) is 0 Å². The van der Waals surface area contributed by atoms with Gasteiger partial charge in [0.2, 0.25) is 5.88 Å². The highest BCUT2D eigenvalue weighted by Crippen LogP contribution is 2.19. The number of hydrogen-bond donors (Lipinski definition) is 1. The highest BCUT2D eigenvalue weighted by Gasteiger charge is 2.09. The molecule has 0 unspecified atom stereocenters. The Morgan fingerprint density at radius 1 is 1.67 bits per heavy atom. The van der Waals surface area contributed by atoms with Gasteiger partial charge in [-0.3, -0.25) is 4.79 Å². The Labute approximate surface area is 69.8 Å². The fraction of sp³-hybridized carbons (Fsp3) is 0.250. The third kappa shape index (κ3) is 1.53. The van der Waals surface area contributed by atoms with Crippen LogP contribution < -0.4 is 4.74 Å². The Kier molecular flexibility index (Phi) is 2.28. The summed E-state index contributed by atoms with van der Waals surface area (Å²) in [6.07, 6.45) is 1.23. The van der Waals surface area contributed by atoms with Crippen molar-refractivity contribution in [2.45, 2.75) is 6.92 Å². The molecule has 4 nitrogen and oxygen atoms in total. The number of rotatable bonds is 2. The number of aromatic hydroxyl groups is 1. The molecule has 0 fully saturated rings. The molecule has 0 aromatic carbocycles. The minimum Gasteiger partial charge on any atom is -0.506 e. The van der Waals surface area contributed by atoms with E-state index in [1.807, 2.05) is 0 Å². The van der Waals surface area contributed by atoms with E-state index >= 15 is 0 Å². The zero-order chi connectivity index (χ0) is 9.14. The van der Waals surface area contributed by atoms with E-state index in [-0.39, 0.29) is 23.0 Å². The average Bonchev–Trinajstić information content (AvgIpc) is 2.04. The summed E-state index contributed by atoms with van der Waals surface area (Å²) in [6.45, 7) is 1.39. The zero-order valence-electron chi connectivity index (χ0n) is 6.87. The summed E-state index contributed by atoms with van der Waals surface area (Å²) in [6, 6.07) is 1.33. The number of Topliss-reactive ketones (excluding diaryl/α,β-unsaturated/α-hetero) is 1. The molecule has 0 atom stereocenters. The molecule has 0 aliphatic heterocycles. The van der Waals surface area contributed by atoms with Crippen LogP contribution in [0.2, 0.25) is 0 Å². The lowest BCUT2D eigenvalue weighted by Gasteiger charge is -2.03. The maximum atomic E-state index is 10.9. The maximum absolute atomic E-state index is 10.9. The number of hydrogen-bond acceptors (Lipinski definition) is 4. The first-order valence-corrected chi connectivity index (χ1v) is 3.39. The first-order valence-electron chi connectivity index (χ1n) is 3.39. The highest BCUT2D eigenvalue weighted by molar-refractivity contribution is 5.96. The van der Waals surface area contributed by atoms with Crippen LogP contribution in [0, 0.1) is 0 Å². The lowest BCUT2D eigenvalue weighted by Crippen LogP contribution is -1.99. The van der Waals surface area contributed by atoms with Crippen molar-refractivity contribution in [3.05, 3.63) is 17.8 Å². The molecule has 1 rings (SSSR count). The molecule has 4 heteroatoms. The second-order valence-electron chi connectivity index (χ2n) is 2.31. The molecule has 0 spiro atoms. The Morgan fingerprint density at radius 2 is 2.33 bits per heavy atom. The van der Waals surface area contributed by atoms with Gasteiger partial charge in [0.25, 0.3) is 0 Å². The van der Waals surface area contributed by atoms with E-state index in [1.165, 1.54) is 26.3 Å². The predicted molar refractivity (Wildman–Crippen MR) is 42.5 cm³/mol. The summed E-state index contributed by atoms with van der Waals surface area (Å²) < 4.78 is 4.82. The van der Waals surface area contributed by atoms with E-state index in [0.29, 0.717) is 0 Å². The lowest BCUT2D eigenvalue weighted by molar-refractivity contribution is 0.101. The van der Waals surface area contributed by atoms with Gasteiger partial charge in [0, 0.05) is 0 Å². The number of aromatic nitrogens is 1. The van der Waals surface area contributed by atoms with Gasteiger partial charge in [-0.05, 0) is 13.0 Å². The normalized spacial score (nSPS) is 9.50. The molecule has 0 saturated carbocycles. The summed E-state index contributed by atoms with van der Waals surface area (Å²) in [5, 5.41) is 9.01. The molecule has 1 heterocycles. The first kappa shape index (κ1) is 8.52. The van der Waals surface area contributed by atoms with E-state index in [1.54, 1.807) is 0 Å². The van der Waals surface area contributed by atoms with Crippen molar-refractivity contribution in [3.8, 4) is 11.6 Å². The molecule has 0 saturated heterocycles. The minimum atomic E-state index is -0.185. The van der Waals surface area contributed by atoms with Gasteiger partial charge in [-0.15, -0.1) is 0 Å². The zero-order valence-corrected chi connectivity index (χ0v) is 6.87. The SMILES string of the molecule is COc1ncc(O)cc1C(C)=O. The number of carbonyl (C=O) groups is 1. The smallest absolute Gasteiger partial charge is 0.224 e. The van der Waals surface area contributed by atoms with Gasteiger partial charge < -0.3 is 9.84 Å². The summed E-state index contributed by atoms with van der Waals surface area (Å²) >= 11 is 0. The third-order valence-electron chi connectivity index (χ3n) is 1.41. The largest absolute Gasteiger partial charge is 0.506 e. The van der Waals surface area contributed by atoms with Crippen LogP contribution in [-0.2, 0) is 0 Å². The second-order valence-corrected chi connectivity index (χ2v) is 2.31. The predicted octanol–water partition coefficient (Wildman–Crippen LogP) is 0.998. The van der Waals surface area contributed by atoms with E-state index < -0.39 is 0 Å². The van der Waals surface area contributed by atoms with Crippen molar-refractivity contribution in [2.75, 3.05) is 7.11 Å². The van der Waals surface area contributed by atoms with Gasteiger partial charge in [0.15, 0.2) is 5.78 Å². The van der Waals surface area contributed by atoms with Crippen LogP contribution in [0.15, 0.2) is 12.3 Å². The standard InChI is InChI=1S/C8H9NO3/c1-5(10)7-3-6(11)4-9-8(7)12-2/h3-4,11H,1-2H3. The molecule has 64 valence electrons. The molecule has 0 aliphatic carbocycles. The summed E-state index contributed by atoms with van der Waals surface area (Å²) in [4.78, 5) is 14.7. The van der Waals surface area contributed by atoms with Crippen molar-refractivity contribution in [1.82, 2.24) is 4.98 Å². The number of nitrogens with zero attached hydrogens (tertiary/aromatic N) is 1. The van der Waals surface area contributed by atoms with Crippen molar-refractivity contribution < 1.29 is 14.6 Å². The molecule has 0 aliphatic rings. The van der Waals surface area contributed by atoms with Crippen LogP contribution in [0.1, 0.15) is 17.3 Å². The Balaban J connectivity index is 3.21. The van der Waals surface area contributed by atoms with Gasteiger partial charge in [-0.1, -0.05) is 0 Å². The lowest BCUT2D eigenvalue weighted by atomic mass is 10.2. The van der Waals surface area contributed by atoms with Crippen LogP contribution >= 0.6 is 0 Å².